The number of allylic oxidation sites excluding steroid dienone is 1. The highest BCUT2D eigenvalue weighted by molar-refractivity contribution is 7.80. The molecule has 4 N–H and O–H groups in total. The molecule has 2 aromatic rings. The number of carbonyl (C=O) groups is 1. The predicted octanol–water partition coefficient (Wildman–Crippen LogP) is 3.48. The van der Waals surface area contributed by atoms with Gasteiger partial charge in [-0.25, -0.2) is 0 Å². The van der Waals surface area contributed by atoms with Crippen LogP contribution in [0.5, 0.6) is 5.75 Å². The molecule has 128 valence electrons. The maximum atomic E-state index is 12.9. The second-order valence-corrected chi connectivity index (χ2v) is 6.41. The third kappa shape index (κ3) is 3.75. The number of para-hydroxylation sites is 1. The van der Waals surface area contributed by atoms with E-state index in [1.807, 2.05) is 0 Å². The second kappa shape index (κ2) is 7.13. The highest BCUT2D eigenvalue weighted by atomic mass is 35.5. The number of phenols is 1. The number of phenolic OH excluding ortho intramolecular Hbond substituents is 1. The molecule has 25 heavy (non-hydrogen) atoms. The molecule has 7 heteroatoms. The highest BCUT2D eigenvalue weighted by Crippen LogP contribution is 2.30. The van der Waals surface area contributed by atoms with Crippen molar-refractivity contribution in [2.24, 2.45) is 0 Å². The third-order valence-electron chi connectivity index (χ3n) is 3.86. The molecule has 1 atom stereocenters. The van der Waals surface area contributed by atoms with Crippen molar-refractivity contribution in [1.82, 2.24) is 10.6 Å². The third-order valence-corrected chi connectivity index (χ3v) is 4.41. The Labute approximate surface area is 155 Å². The molecule has 0 saturated heterocycles. The zero-order valence-electron chi connectivity index (χ0n) is 13.3. The number of hydrogen-bond acceptors (Lipinski definition) is 3. The summed E-state index contributed by atoms with van der Waals surface area (Å²) < 4.78 is 0. The maximum absolute atomic E-state index is 12.9. The van der Waals surface area contributed by atoms with E-state index in [2.05, 4.69) is 16.0 Å². The fourth-order valence-corrected chi connectivity index (χ4v) is 3.12. The molecule has 0 fully saturated rings. The maximum Gasteiger partial charge on any atom is 0.255 e. The SMILES string of the molecule is CC1=C(C(=O)Nc2ccccc2Cl)C(c2ccc(O)cc2)NC(=S)N1. The van der Waals surface area contributed by atoms with Crippen LogP contribution in [-0.4, -0.2) is 16.1 Å². The number of carbonyl (C=O) groups excluding carboxylic acids is 1. The van der Waals surface area contributed by atoms with Gasteiger partial charge in [-0.2, -0.15) is 0 Å². The number of benzene rings is 2. The first-order chi connectivity index (χ1) is 12.0. The predicted molar refractivity (Wildman–Crippen MR) is 102 cm³/mol. The van der Waals surface area contributed by atoms with Crippen molar-refractivity contribution in [2.75, 3.05) is 5.32 Å². The normalized spacial score (nSPS) is 16.9. The van der Waals surface area contributed by atoms with Gasteiger partial charge in [0.25, 0.3) is 5.91 Å². The van der Waals surface area contributed by atoms with Crippen LogP contribution in [0.15, 0.2) is 59.8 Å². The average Bonchev–Trinajstić information content (AvgIpc) is 2.57. The number of amides is 1. The van der Waals surface area contributed by atoms with Gasteiger partial charge in [-0.3, -0.25) is 4.79 Å². The van der Waals surface area contributed by atoms with Crippen molar-refractivity contribution < 1.29 is 9.90 Å². The molecule has 3 rings (SSSR count). The Morgan fingerprint density at radius 3 is 2.56 bits per heavy atom. The number of rotatable bonds is 3. The lowest BCUT2D eigenvalue weighted by molar-refractivity contribution is -0.113. The van der Waals surface area contributed by atoms with Crippen molar-refractivity contribution in [3.63, 3.8) is 0 Å². The van der Waals surface area contributed by atoms with E-state index < -0.39 is 6.04 Å². The Morgan fingerprint density at radius 2 is 1.88 bits per heavy atom. The van der Waals surface area contributed by atoms with Crippen LogP contribution in [0.1, 0.15) is 18.5 Å². The Hall–Kier alpha value is -2.57. The van der Waals surface area contributed by atoms with Crippen LogP contribution >= 0.6 is 23.8 Å². The highest BCUT2D eigenvalue weighted by Gasteiger charge is 2.30. The van der Waals surface area contributed by atoms with Crippen LogP contribution in [0.3, 0.4) is 0 Å². The molecule has 0 bridgehead atoms. The standard InChI is InChI=1S/C18H16ClN3O2S/c1-10-15(17(24)21-14-5-3-2-4-13(14)19)16(22-18(25)20-10)11-6-8-12(23)9-7-11/h2-9,16,23H,1H3,(H,21,24)(H2,20,22,25). The molecular weight excluding hydrogens is 358 g/mol. The van der Waals surface area contributed by atoms with Crippen molar-refractivity contribution in [1.29, 1.82) is 0 Å². The molecule has 2 aromatic carbocycles. The molecule has 0 saturated carbocycles. The molecule has 0 aromatic heterocycles. The van der Waals surface area contributed by atoms with Gasteiger partial charge in [-0.1, -0.05) is 35.9 Å². The van der Waals surface area contributed by atoms with E-state index in [4.69, 9.17) is 23.8 Å². The lowest BCUT2D eigenvalue weighted by Crippen LogP contribution is -2.45. The summed E-state index contributed by atoms with van der Waals surface area (Å²) >= 11 is 11.3. The minimum atomic E-state index is -0.433. The molecule has 1 aliphatic rings. The van der Waals surface area contributed by atoms with Crippen LogP contribution in [-0.2, 0) is 4.79 Å². The van der Waals surface area contributed by atoms with Crippen LogP contribution in [0.25, 0.3) is 0 Å². The number of anilines is 1. The molecular formula is C18H16ClN3O2S. The van der Waals surface area contributed by atoms with Gasteiger partial charge >= 0.3 is 0 Å². The number of hydrogen-bond donors (Lipinski definition) is 4. The molecule has 0 spiro atoms. The fraction of sp³-hybridized carbons (Fsp3) is 0.111. The minimum Gasteiger partial charge on any atom is -0.508 e. The molecule has 1 unspecified atom stereocenters. The summed E-state index contributed by atoms with van der Waals surface area (Å²) in [6, 6.07) is 13.2. The Balaban J connectivity index is 1.96. The molecule has 0 radical (unpaired) electrons. The fourth-order valence-electron chi connectivity index (χ4n) is 2.66. The summed E-state index contributed by atoms with van der Waals surface area (Å²) in [5, 5.41) is 19.3. The number of nitrogens with one attached hydrogen (secondary N) is 3. The van der Waals surface area contributed by atoms with Crippen LogP contribution in [0.4, 0.5) is 5.69 Å². The van der Waals surface area contributed by atoms with Gasteiger partial charge in [-0.15, -0.1) is 0 Å². The zero-order valence-corrected chi connectivity index (χ0v) is 14.9. The van der Waals surface area contributed by atoms with Gasteiger partial charge in [0.05, 0.1) is 22.3 Å². The lowest BCUT2D eigenvalue weighted by Gasteiger charge is -2.30. The molecule has 5 nitrogen and oxygen atoms in total. The summed E-state index contributed by atoms with van der Waals surface area (Å²) in [4.78, 5) is 12.9. The minimum absolute atomic E-state index is 0.156. The number of thiocarbonyl (C=S) groups is 1. The van der Waals surface area contributed by atoms with Crippen molar-refractivity contribution in [3.8, 4) is 5.75 Å². The second-order valence-electron chi connectivity index (χ2n) is 5.60. The lowest BCUT2D eigenvalue weighted by atomic mass is 9.95. The van der Waals surface area contributed by atoms with E-state index in [0.717, 1.165) is 5.56 Å². The smallest absolute Gasteiger partial charge is 0.255 e. The van der Waals surface area contributed by atoms with Crippen molar-refractivity contribution >= 4 is 40.5 Å². The van der Waals surface area contributed by atoms with Crippen LogP contribution < -0.4 is 16.0 Å². The Kier molecular flexibility index (Phi) is 4.92. The Bertz CT molecular complexity index is 865. The largest absolute Gasteiger partial charge is 0.508 e. The van der Waals surface area contributed by atoms with Crippen molar-refractivity contribution in [2.45, 2.75) is 13.0 Å². The average molecular weight is 374 g/mol. The van der Waals surface area contributed by atoms with E-state index in [1.54, 1.807) is 55.5 Å². The first kappa shape index (κ1) is 17.3. The van der Waals surface area contributed by atoms with Gasteiger partial charge in [0.1, 0.15) is 5.75 Å². The van der Waals surface area contributed by atoms with E-state index in [0.29, 0.717) is 27.1 Å². The molecule has 1 amide bonds. The van der Waals surface area contributed by atoms with E-state index in [9.17, 15) is 9.90 Å². The quantitative estimate of drug-likeness (QED) is 0.620. The van der Waals surface area contributed by atoms with Gasteiger partial charge in [0.15, 0.2) is 5.11 Å². The van der Waals surface area contributed by atoms with Crippen LogP contribution in [0, 0.1) is 0 Å². The van der Waals surface area contributed by atoms with E-state index in [-0.39, 0.29) is 11.7 Å². The number of halogens is 1. The van der Waals surface area contributed by atoms with Crippen molar-refractivity contribution in [3.05, 3.63) is 70.4 Å². The molecule has 1 heterocycles. The summed E-state index contributed by atoms with van der Waals surface area (Å²) in [5.74, 6) is -0.130. The first-order valence-corrected chi connectivity index (χ1v) is 8.37. The number of aromatic hydroxyl groups is 1. The van der Waals surface area contributed by atoms with E-state index in [1.165, 1.54) is 0 Å². The van der Waals surface area contributed by atoms with E-state index >= 15 is 0 Å². The first-order valence-electron chi connectivity index (χ1n) is 7.59. The Morgan fingerprint density at radius 1 is 1.20 bits per heavy atom. The van der Waals surface area contributed by atoms with Gasteiger partial charge in [-0.05, 0) is 49.0 Å². The van der Waals surface area contributed by atoms with Crippen LogP contribution in [0.2, 0.25) is 5.02 Å². The molecule has 1 aliphatic heterocycles. The monoisotopic (exact) mass is 373 g/mol. The van der Waals surface area contributed by atoms with Gasteiger partial charge in [0, 0.05) is 5.70 Å². The molecule has 0 aliphatic carbocycles. The van der Waals surface area contributed by atoms with Gasteiger partial charge in [0.2, 0.25) is 0 Å². The summed E-state index contributed by atoms with van der Waals surface area (Å²) in [6.45, 7) is 1.79. The van der Waals surface area contributed by atoms with Gasteiger partial charge < -0.3 is 21.1 Å². The summed E-state index contributed by atoms with van der Waals surface area (Å²) in [5.41, 5.74) is 2.50. The zero-order chi connectivity index (χ0) is 18.0. The summed E-state index contributed by atoms with van der Waals surface area (Å²) in [6.07, 6.45) is 0. The topological polar surface area (TPSA) is 73.4 Å². The summed E-state index contributed by atoms with van der Waals surface area (Å²) in [7, 11) is 0.